The molecule has 2 atom stereocenters. The van der Waals surface area contributed by atoms with E-state index in [1.165, 1.54) is 5.56 Å². The van der Waals surface area contributed by atoms with Gasteiger partial charge < -0.3 is 15.0 Å². The zero-order chi connectivity index (χ0) is 18.4. The van der Waals surface area contributed by atoms with Gasteiger partial charge in [-0.15, -0.1) is 0 Å². The largest absolute Gasteiger partial charge is 0.496 e. The molecule has 4 heteroatoms. The molecule has 0 radical (unpaired) electrons. The second kappa shape index (κ2) is 8.67. The predicted octanol–water partition coefficient (Wildman–Crippen LogP) is 2.86. The summed E-state index contributed by atoms with van der Waals surface area (Å²) in [6, 6.07) is 15.8. The molecule has 25 heavy (non-hydrogen) atoms. The van der Waals surface area contributed by atoms with E-state index in [9.17, 15) is 4.79 Å². The van der Waals surface area contributed by atoms with Crippen LogP contribution in [0.1, 0.15) is 37.8 Å². The lowest BCUT2D eigenvalue weighted by Gasteiger charge is -2.22. The van der Waals surface area contributed by atoms with Gasteiger partial charge in [-0.3, -0.25) is 4.79 Å². The topological polar surface area (TPSA) is 42.8 Å². The SMILES string of the molecule is COc1ccccc1C[NH+](C)[C@@H](C)C(=O)Nc1ccc(C(C)C)cc1. The molecule has 0 aromatic heterocycles. The molecule has 1 unspecified atom stereocenters. The number of benzene rings is 2. The van der Waals surface area contributed by atoms with E-state index < -0.39 is 0 Å². The summed E-state index contributed by atoms with van der Waals surface area (Å²) in [7, 11) is 3.70. The van der Waals surface area contributed by atoms with Crippen LogP contribution in [-0.4, -0.2) is 26.1 Å². The highest BCUT2D eigenvalue weighted by Gasteiger charge is 2.23. The molecular formula is C21H29N2O2+. The minimum absolute atomic E-state index is 0.0182. The number of hydrogen-bond acceptors (Lipinski definition) is 2. The molecule has 0 spiro atoms. The first-order chi connectivity index (χ1) is 11.9. The van der Waals surface area contributed by atoms with Crippen molar-refractivity contribution < 1.29 is 14.4 Å². The molecule has 0 saturated heterocycles. The van der Waals surface area contributed by atoms with Crippen molar-refractivity contribution in [2.75, 3.05) is 19.5 Å². The fourth-order valence-corrected chi connectivity index (χ4v) is 2.73. The lowest BCUT2D eigenvalue weighted by molar-refractivity contribution is -0.907. The van der Waals surface area contributed by atoms with Crippen molar-refractivity contribution in [1.29, 1.82) is 0 Å². The van der Waals surface area contributed by atoms with E-state index in [1.807, 2.05) is 50.4 Å². The van der Waals surface area contributed by atoms with E-state index in [-0.39, 0.29) is 11.9 Å². The van der Waals surface area contributed by atoms with Gasteiger partial charge in [0, 0.05) is 11.3 Å². The quantitative estimate of drug-likeness (QED) is 0.813. The van der Waals surface area contributed by atoms with Crippen LogP contribution in [0.25, 0.3) is 0 Å². The number of rotatable bonds is 7. The van der Waals surface area contributed by atoms with Gasteiger partial charge in [0.1, 0.15) is 12.3 Å². The molecule has 1 amide bonds. The number of methoxy groups -OCH3 is 1. The van der Waals surface area contributed by atoms with E-state index >= 15 is 0 Å². The van der Waals surface area contributed by atoms with Gasteiger partial charge in [-0.2, -0.15) is 0 Å². The molecule has 0 bridgehead atoms. The first-order valence-electron chi connectivity index (χ1n) is 8.77. The molecule has 0 aliphatic rings. The second-order valence-electron chi connectivity index (χ2n) is 6.82. The van der Waals surface area contributed by atoms with Crippen LogP contribution < -0.4 is 15.0 Å². The Hall–Kier alpha value is -2.33. The second-order valence-corrected chi connectivity index (χ2v) is 6.82. The van der Waals surface area contributed by atoms with Gasteiger partial charge >= 0.3 is 0 Å². The third-order valence-corrected chi connectivity index (χ3v) is 4.64. The Morgan fingerprint density at radius 1 is 1.08 bits per heavy atom. The van der Waals surface area contributed by atoms with Crippen LogP contribution in [0, 0.1) is 0 Å². The van der Waals surface area contributed by atoms with Gasteiger partial charge in [0.05, 0.1) is 14.2 Å². The van der Waals surface area contributed by atoms with Crippen molar-refractivity contribution in [2.24, 2.45) is 0 Å². The van der Waals surface area contributed by atoms with E-state index in [0.29, 0.717) is 5.92 Å². The summed E-state index contributed by atoms with van der Waals surface area (Å²) in [5, 5.41) is 3.01. The molecule has 2 rings (SSSR count). The summed E-state index contributed by atoms with van der Waals surface area (Å²) in [5.41, 5.74) is 3.21. The van der Waals surface area contributed by atoms with Gasteiger partial charge in [-0.1, -0.05) is 38.1 Å². The highest BCUT2D eigenvalue weighted by Crippen LogP contribution is 2.17. The smallest absolute Gasteiger partial charge is 0.282 e. The molecule has 0 saturated carbocycles. The highest BCUT2D eigenvalue weighted by atomic mass is 16.5. The van der Waals surface area contributed by atoms with Crippen molar-refractivity contribution in [3.63, 3.8) is 0 Å². The number of carbonyl (C=O) groups excluding carboxylic acids is 1. The number of likely N-dealkylation sites (N-methyl/N-ethyl adjacent to an activating group) is 1. The lowest BCUT2D eigenvalue weighted by Crippen LogP contribution is -3.12. The van der Waals surface area contributed by atoms with Crippen LogP contribution in [0.4, 0.5) is 5.69 Å². The summed E-state index contributed by atoms with van der Waals surface area (Å²) in [6.07, 6.45) is 0. The fourth-order valence-electron chi connectivity index (χ4n) is 2.73. The van der Waals surface area contributed by atoms with E-state index in [4.69, 9.17) is 4.74 Å². The number of para-hydroxylation sites is 1. The third kappa shape index (κ3) is 5.07. The molecule has 2 N–H and O–H groups in total. The van der Waals surface area contributed by atoms with Crippen LogP contribution in [0.15, 0.2) is 48.5 Å². The zero-order valence-corrected chi connectivity index (χ0v) is 15.8. The molecule has 0 aliphatic carbocycles. The van der Waals surface area contributed by atoms with Crippen LogP contribution in [0.5, 0.6) is 5.75 Å². The Balaban J connectivity index is 1.98. The highest BCUT2D eigenvalue weighted by molar-refractivity contribution is 5.93. The van der Waals surface area contributed by atoms with Crippen LogP contribution >= 0.6 is 0 Å². The average Bonchev–Trinajstić information content (AvgIpc) is 2.61. The summed E-state index contributed by atoms with van der Waals surface area (Å²) >= 11 is 0. The molecule has 2 aromatic carbocycles. The minimum atomic E-state index is -0.172. The van der Waals surface area contributed by atoms with E-state index in [1.54, 1.807) is 7.11 Å². The number of ether oxygens (including phenoxy) is 1. The molecule has 0 heterocycles. The predicted molar refractivity (Wildman–Crippen MR) is 102 cm³/mol. The molecule has 0 fully saturated rings. The number of nitrogens with one attached hydrogen (secondary N) is 2. The zero-order valence-electron chi connectivity index (χ0n) is 15.8. The first kappa shape index (κ1) is 19.0. The van der Waals surface area contributed by atoms with Gasteiger partial charge in [-0.25, -0.2) is 0 Å². The van der Waals surface area contributed by atoms with Crippen molar-refractivity contribution in [1.82, 2.24) is 0 Å². The Bertz CT molecular complexity index is 695. The monoisotopic (exact) mass is 341 g/mol. The van der Waals surface area contributed by atoms with Crippen LogP contribution in [-0.2, 0) is 11.3 Å². The maximum Gasteiger partial charge on any atom is 0.282 e. The summed E-state index contributed by atoms with van der Waals surface area (Å²) in [6.45, 7) is 6.99. The fraction of sp³-hybridized carbons (Fsp3) is 0.381. The van der Waals surface area contributed by atoms with Gasteiger partial charge in [0.25, 0.3) is 5.91 Å². The van der Waals surface area contributed by atoms with Crippen molar-refractivity contribution in [2.45, 2.75) is 39.3 Å². The Labute approximate surface area is 150 Å². The standard InChI is InChI=1S/C21H28N2O2/c1-15(2)17-10-12-19(13-11-17)22-21(24)16(3)23(4)14-18-8-6-7-9-20(18)25-5/h6-13,15-16H,14H2,1-5H3,(H,22,24)/p+1/t16-/m0/s1. The molecular weight excluding hydrogens is 312 g/mol. The number of amides is 1. The molecule has 4 nitrogen and oxygen atoms in total. The van der Waals surface area contributed by atoms with Gasteiger partial charge in [0.2, 0.25) is 0 Å². The first-order valence-corrected chi connectivity index (χ1v) is 8.77. The molecule has 0 aliphatic heterocycles. The Morgan fingerprint density at radius 2 is 1.72 bits per heavy atom. The van der Waals surface area contributed by atoms with Crippen molar-refractivity contribution in [3.05, 3.63) is 59.7 Å². The Kier molecular flexibility index (Phi) is 6.59. The Morgan fingerprint density at radius 3 is 2.32 bits per heavy atom. The minimum Gasteiger partial charge on any atom is -0.496 e. The van der Waals surface area contributed by atoms with Crippen molar-refractivity contribution in [3.8, 4) is 5.75 Å². The third-order valence-electron chi connectivity index (χ3n) is 4.64. The van der Waals surface area contributed by atoms with Crippen LogP contribution in [0.2, 0.25) is 0 Å². The maximum atomic E-state index is 12.6. The van der Waals surface area contributed by atoms with Gasteiger partial charge in [0.15, 0.2) is 6.04 Å². The lowest BCUT2D eigenvalue weighted by atomic mass is 10.0. The van der Waals surface area contributed by atoms with Gasteiger partial charge in [-0.05, 0) is 42.7 Å². The normalized spacial score (nSPS) is 13.4. The van der Waals surface area contributed by atoms with Crippen molar-refractivity contribution >= 4 is 11.6 Å². The molecule has 134 valence electrons. The summed E-state index contributed by atoms with van der Waals surface area (Å²) in [4.78, 5) is 13.7. The summed E-state index contributed by atoms with van der Waals surface area (Å²) in [5.74, 6) is 1.36. The number of carbonyl (C=O) groups is 1. The number of anilines is 1. The summed E-state index contributed by atoms with van der Waals surface area (Å²) < 4.78 is 5.40. The van der Waals surface area contributed by atoms with Crippen LogP contribution in [0.3, 0.4) is 0 Å². The van der Waals surface area contributed by atoms with E-state index in [0.717, 1.165) is 28.4 Å². The average molecular weight is 341 g/mol. The van der Waals surface area contributed by atoms with E-state index in [2.05, 4.69) is 31.3 Å². The number of quaternary nitrogens is 1. The number of hydrogen-bond donors (Lipinski definition) is 2. The maximum absolute atomic E-state index is 12.6. The molecule has 2 aromatic rings.